The third-order valence-corrected chi connectivity index (χ3v) is 2.73. The summed E-state index contributed by atoms with van der Waals surface area (Å²) in [7, 11) is 0. The lowest BCUT2D eigenvalue weighted by molar-refractivity contribution is -0.160. The van der Waals surface area contributed by atoms with E-state index in [0.717, 1.165) is 25.7 Å². The van der Waals surface area contributed by atoms with Crippen molar-refractivity contribution in [2.75, 3.05) is 6.61 Å². The second-order valence-corrected chi connectivity index (χ2v) is 4.07. The van der Waals surface area contributed by atoms with Crippen LogP contribution in [-0.2, 0) is 14.3 Å². The molecular weight excluding hydrogens is 194 g/mol. The average Bonchev–Trinajstić information content (AvgIpc) is 2.22. The Morgan fingerprint density at radius 3 is 2.53 bits per heavy atom. The zero-order valence-corrected chi connectivity index (χ0v) is 9.57. The molecule has 1 fully saturated rings. The van der Waals surface area contributed by atoms with Crippen molar-refractivity contribution < 1.29 is 14.3 Å². The summed E-state index contributed by atoms with van der Waals surface area (Å²) in [4.78, 5) is 11.3. The summed E-state index contributed by atoms with van der Waals surface area (Å²) in [6.07, 6.45) is 3.59. The topological polar surface area (TPSA) is 61.5 Å². The maximum absolute atomic E-state index is 11.3. The number of rotatable bonds is 4. The van der Waals surface area contributed by atoms with Gasteiger partial charge in [-0.3, -0.25) is 0 Å². The van der Waals surface area contributed by atoms with Gasteiger partial charge in [0.25, 0.3) is 0 Å². The monoisotopic (exact) mass is 215 g/mol. The first-order valence-electron chi connectivity index (χ1n) is 5.71. The predicted molar refractivity (Wildman–Crippen MR) is 57.4 cm³/mol. The lowest BCUT2D eigenvalue weighted by Crippen LogP contribution is -2.34. The van der Waals surface area contributed by atoms with Crippen LogP contribution < -0.4 is 5.73 Å². The molecule has 88 valence electrons. The third kappa shape index (κ3) is 4.18. The van der Waals surface area contributed by atoms with E-state index in [4.69, 9.17) is 15.2 Å². The van der Waals surface area contributed by atoms with Gasteiger partial charge in [-0.25, -0.2) is 4.79 Å². The first kappa shape index (κ1) is 12.5. The molecule has 0 heterocycles. The number of carbonyl (C=O) groups excluding carboxylic acids is 1. The van der Waals surface area contributed by atoms with E-state index in [0.29, 0.717) is 12.6 Å². The summed E-state index contributed by atoms with van der Waals surface area (Å²) in [6.45, 7) is 3.94. The fourth-order valence-electron chi connectivity index (χ4n) is 1.83. The first-order chi connectivity index (χ1) is 7.13. The highest BCUT2D eigenvalue weighted by Gasteiger charge is 2.24. The van der Waals surface area contributed by atoms with Crippen LogP contribution in [-0.4, -0.2) is 30.8 Å². The highest BCUT2D eigenvalue weighted by Crippen LogP contribution is 2.21. The van der Waals surface area contributed by atoms with Crippen molar-refractivity contribution in [3.8, 4) is 0 Å². The van der Waals surface area contributed by atoms with Crippen LogP contribution in [0.3, 0.4) is 0 Å². The van der Waals surface area contributed by atoms with Gasteiger partial charge in [-0.15, -0.1) is 0 Å². The minimum absolute atomic E-state index is 0.171. The molecule has 4 heteroatoms. The lowest BCUT2D eigenvalue weighted by atomic mass is 9.93. The number of esters is 1. The molecule has 0 aromatic heterocycles. The van der Waals surface area contributed by atoms with E-state index in [9.17, 15) is 4.79 Å². The van der Waals surface area contributed by atoms with Gasteiger partial charge in [0.1, 0.15) is 0 Å². The standard InChI is InChI=1S/C11H21NO3/c1-3-14-11(13)8(2)15-10-6-4-9(12)5-7-10/h8-10H,3-7,12H2,1-2H3. The van der Waals surface area contributed by atoms with Gasteiger partial charge < -0.3 is 15.2 Å². The number of nitrogens with two attached hydrogens (primary N) is 1. The summed E-state index contributed by atoms with van der Waals surface area (Å²) in [5.41, 5.74) is 5.79. The van der Waals surface area contributed by atoms with Gasteiger partial charge in [0.05, 0.1) is 12.7 Å². The van der Waals surface area contributed by atoms with Crippen LogP contribution in [0.4, 0.5) is 0 Å². The van der Waals surface area contributed by atoms with Gasteiger partial charge in [0.2, 0.25) is 0 Å². The van der Waals surface area contributed by atoms with E-state index >= 15 is 0 Å². The van der Waals surface area contributed by atoms with E-state index in [-0.39, 0.29) is 12.1 Å². The van der Waals surface area contributed by atoms with E-state index in [1.807, 2.05) is 0 Å². The van der Waals surface area contributed by atoms with E-state index in [1.54, 1.807) is 13.8 Å². The van der Waals surface area contributed by atoms with Gasteiger partial charge >= 0.3 is 5.97 Å². The molecule has 15 heavy (non-hydrogen) atoms. The molecular formula is C11H21NO3. The Bertz CT molecular complexity index is 200. The zero-order chi connectivity index (χ0) is 11.3. The normalized spacial score (nSPS) is 28.5. The lowest BCUT2D eigenvalue weighted by Gasteiger charge is -2.27. The molecule has 2 N–H and O–H groups in total. The van der Waals surface area contributed by atoms with Crippen LogP contribution in [0, 0.1) is 0 Å². The Balaban J connectivity index is 2.25. The second kappa shape index (κ2) is 6.08. The first-order valence-corrected chi connectivity index (χ1v) is 5.71. The molecule has 0 bridgehead atoms. The van der Waals surface area contributed by atoms with Gasteiger partial charge in [-0.2, -0.15) is 0 Å². The highest BCUT2D eigenvalue weighted by atomic mass is 16.6. The molecule has 1 atom stereocenters. The maximum atomic E-state index is 11.3. The summed E-state index contributed by atoms with van der Waals surface area (Å²) in [5.74, 6) is -0.271. The van der Waals surface area contributed by atoms with Crippen molar-refractivity contribution >= 4 is 5.97 Å². The molecule has 1 rings (SSSR count). The number of ether oxygens (including phenoxy) is 2. The Morgan fingerprint density at radius 2 is 2.00 bits per heavy atom. The minimum atomic E-state index is -0.454. The number of carbonyl (C=O) groups is 1. The van der Waals surface area contributed by atoms with Crippen LogP contribution in [0.25, 0.3) is 0 Å². The molecule has 4 nitrogen and oxygen atoms in total. The summed E-state index contributed by atoms with van der Waals surface area (Å²) < 4.78 is 10.5. The third-order valence-electron chi connectivity index (χ3n) is 2.73. The summed E-state index contributed by atoms with van der Waals surface area (Å²) in [6, 6.07) is 0.308. The van der Waals surface area contributed by atoms with Gasteiger partial charge in [0.15, 0.2) is 6.10 Å². The number of hydrogen-bond donors (Lipinski definition) is 1. The Morgan fingerprint density at radius 1 is 1.40 bits per heavy atom. The van der Waals surface area contributed by atoms with Gasteiger partial charge in [-0.05, 0) is 39.5 Å². The second-order valence-electron chi connectivity index (χ2n) is 4.07. The molecule has 1 unspecified atom stereocenters. The molecule has 0 aromatic rings. The fourth-order valence-corrected chi connectivity index (χ4v) is 1.83. The summed E-state index contributed by atoms with van der Waals surface area (Å²) >= 11 is 0. The van der Waals surface area contributed by atoms with Crippen LogP contribution in [0.15, 0.2) is 0 Å². The zero-order valence-electron chi connectivity index (χ0n) is 9.57. The molecule has 0 amide bonds. The molecule has 1 saturated carbocycles. The van der Waals surface area contributed by atoms with Crippen molar-refractivity contribution in [1.82, 2.24) is 0 Å². The van der Waals surface area contributed by atoms with Crippen LogP contribution in [0.5, 0.6) is 0 Å². The SMILES string of the molecule is CCOC(=O)C(C)OC1CCC(N)CC1. The molecule has 0 saturated heterocycles. The Hall–Kier alpha value is -0.610. The van der Waals surface area contributed by atoms with Crippen molar-refractivity contribution in [3.05, 3.63) is 0 Å². The van der Waals surface area contributed by atoms with Gasteiger partial charge in [0, 0.05) is 6.04 Å². The largest absolute Gasteiger partial charge is 0.464 e. The van der Waals surface area contributed by atoms with Crippen molar-refractivity contribution in [2.24, 2.45) is 5.73 Å². The van der Waals surface area contributed by atoms with Gasteiger partial charge in [-0.1, -0.05) is 0 Å². The Kier molecular flexibility index (Phi) is 5.05. The highest BCUT2D eigenvalue weighted by molar-refractivity contribution is 5.74. The maximum Gasteiger partial charge on any atom is 0.334 e. The van der Waals surface area contributed by atoms with Crippen LogP contribution in [0.2, 0.25) is 0 Å². The predicted octanol–water partition coefficient (Wildman–Crippen LogP) is 1.22. The smallest absolute Gasteiger partial charge is 0.334 e. The number of hydrogen-bond acceptors (Lipinski definition) is 4. The molecule has 1 aliphatic rings. The molecule has 0 spiro atoms. The quantitative estimate of drug-likeness (QED) is 0.716. The average molecular weight is 215 g/mol. The van der Waals surface area contributed by atoms with Crippen LogP contribution >= 0.6 is 0 Å². The Labute approximate surface area is 91.1 Å². The molecule has 0 radical (unpaired) electrons. The van der Waals surface area contributed by atoms with Crippen molar-refractivity contribution in [2.45, 2.75) is 57.8 Å². The van der Waals surface area contributed by atoms with E-state index < -0.39 is 6.10 Å². The van der Waals surface area contributed by atoms with E-state index in [2.05, 4.69) is 0 Å². The molecule has 0 aliphatic heterocycles. The van der Waals surface area contributed by atoms with E-state index in [1.165, 1.54) is 0 Å². The van der Waals surface area contributed by atoms with Crippen molar-refractivity contribution in [3.63, 3.8) is 0 Å². The van der Waals surface area contributed by atoms with Crippen LogP contribution in [0.1, 0.15) is 39.5 Å². The molecule has 0 aromatic carbocycles. The fraction of sp³-hybridized carbons (Fsp3) is 0.909. The summed E-state index contributed by atoms with van der Waals surface area (Å²) in [5, 5.41) is 0. The molecule has 1 aliphatic carbocycles. The van der Waals surface area contributed by atoms with Crippen molar-refractivity contribution in [1.29, 1.82) is 0 Å². The minimum Gasteiger partial charge on any atom is -0.464 e.